The molecule has 0 N–H and O–H groups in total. The van der Waals surface area contributed by atoms with E-state index in [9.17, 15) is 0 Å². The third-order valence-electron chi connectivity index (χ3n) is 1.54. The summed E-state index contributed by atoms with van der Waals surface area (Å²) in [4.78, 5) is 8.34. The highest BCUT2D eigenvalue weighted by Crippen LogP contribution is 2.10. The lowest BCUT2D eigenvalue weighted by atomic mass is 10.5. The van der Waals surface area contributed by atoms with Crippen LogP contribution < -0.4 is 0 Å². The molecule has 2 aromatic heterocycles. The van der Waals surface area contributed by atoms with Gasteiger partial charge in [0.05, 0.1) is 0 Å². The molecule has 0 saturated heterocycles. The first-order chi connectivity index (χ1) is 5.27. The van der Waals surface area contributed by atoms with Gasteiger partial charge in [-0.1, -0.05) is 0 Å². The van der Waals surface area contributed by atoms with E-state index < -0.39 is 0 Å². The third-order valence-corrected chi connectivity index (χ3v) is 1.92. The van der Waals surface area contributed by atoms with Gasteiger partial charge in [0.15, 0.2) is 0 Å². The molecular formula is C7H6BrN3. The highest BCUT2D eigenvalue weighted by Gasteiger charge is 1.99. The van der Waals surface area contributed by atoms with Crippen LogP contribution in [0.25, 0.3) is 5.65 Å². The Balaban J connectivity index is 2.90. The molecule has 0 aliphatic rings. The molecule has 0 fully saturated rings. The zero-order chi connectivity index (χ0) is 7.84. The minimum Gasteiger partial charge on any atom is -0.287 e. The lowest BCUT2D eigenvalue weighted by Crippen LogP contribution is -1.91. The fourth-order valence-corrected chi connectivity index (χ4v) is 1.40. The Morgan fingerprint density at radius 2 is 2.36 bits per heavy atom. The quantitative estimate of drug-likeness (QED) is 0.666. The molecule has 0 aromatic carbocycles. The minimum absolute atomic E-state index is 0.841. The molecule has 4 heteroatoms. The average molecular weight is 212 g/mol. The maximum atomic E-state index is 4.21. The molecule has 3 nitrogen and oxygen atoms in total. The van der Waals surface area contributed by atoms with Gasteiger partial charge in [0.2, 0.25) is 0 Å². The van der Waals surface area contributed by atoms with Crippen molar-refractivity contribution in [2.24, 2.45) is 0 Å². The highest BCUT2D eigenvalue weighted by molar-refractivity contribution is 9.10. The highest BCUT2D eigenvalue weighted by atomic mass is 79.9. The molecule has 0 spiro atoms. The number of hydrogen-bond acceptors (Lipinski definition) is 2. The summed E-state index contributed by atoms with van der Waals surface area (Å²) in [7, 11) is 0. The van der Waals surface area contributed by atoms with E-state index >= 15 is 0 Å². The fourth-order valence-electron chi connectivity index (χ4n) is 1.02. The molecule has 2 aromatic rings. The van der Waals surface area contributed by atoms with E-state index in [0.717, 1.165) is 16.1 Å². The van der Waals surface area contributed by atoms with Crippen LogP contribution in [-0.2, 0) is 0 Å². The smallest absolute Gasteiger partial charge is 0.141 e. The number of aromatic nitrogens is 3. The summed E-state index contributed by atoms with van der Waals surface area (Å²) < 4.78 is 2.78. The van der Waals surface area contributed by atoms with Crippen LogP contribution in [0.4, 0.5) is 0 Å². The normalized spacial score (nSPS) is 10.7. The Kier molecular flexibility index (Phi) is 1.42. The number of aryl methyl sites for hydroxylation is 1. The van der Waals surface area contributed by atoms with E-state index in [1.807, 2.05) is 23.6 Å². The zero-order valence-electron chi connectivity index (χ0n) is 5.95. The van der Waals surface area contributed by atoms with Gasteiger partial charge in [0.25, 0.3) is 0 Å². The van der Waals surface area contributed by atoms with E-state index in [1.165, 1.54) is 0 Å². The summed E-state index contributed by atoms with van der Waals surface area (Å²) in [5, 5.41) is 0. The molecule has 0 saturated carbocycles. The van der Waals surface area contributed by atoms with Gasteiger partial charge in [0.1, 0.15) is 16.1 Å². The second-order valence-corrected chi connectivity index (χ2v) is 3.10. The molecule has 0 bridgehead atoms. The molecule has 0 atom stereocenters. The van der Waals surface area contributed by atoms with Crippen LogP contribution in [0, 0.1) is 6.92 Å². The summed E-state index contributed by atoms with van der Waals surface area (Å²) in [5.41, 5.74) is 0.921. The summed E-state index contributed by atoms with van der Waals surface area (Å²) in [6.45, 7) is 1.95. The number of rotatable bonds is 0. The predicted octanol–water partition coefficient (Wildman–Crippen LogP) is 1.80. The van der Waals surface area contributed by atoms with Gasteiger partial charge in [-0.25, -0.2) is 9.97 Å². The lowest BCUT2D eigenvalue weighted by Gasteiger charge is -1.94. The summed E-state index contributed by atoms with van der Waals surface area (Å²) in [5.74, 6) is 0.945. The first-order valence-corrected chi connectivity index (χ1v) is 4.03. The van der Waals surface area contributed by atoms with Crippen molar-refractivity contribution in [3.63, 3.8) is 0 Å². The first kappa shape index (κ1) is 6.79. The molecule has 0 unspecified atom stereocenters. The standard InChI is InChI=1S/C7H6BrN3/c1-5-9-3-2-7-10-6(8)4-11(5)7/h2-4H,1H3. The van der Waals surface area contributed by atoms with Gasteiger partial charge in [-0.15, -0.1) is 0 Å². The summed E-state index contributed by atoms with van der Waals surface area (Å²) in [6.07, 6.45) is 3.65. The minimum atomic E-state index is 0.841. The number of nitrogens with zero attached hydrogens (tertiary/aromatic N) is 3. The fraction of sp³-hybridized carbons (Fsp3) is 0.143. The molecule has 2 heterocycles. The van der Waals surface area contributed by atoms with Crippen molar-refractivity contribution in [2.75, 3.05) is 0 Å². The van der Waals surface area contributed by atoms with E-state index in [2.05, 4.69) is 25.9 Å². The number of halogens is 1. The van der Waals surface area contributed by atoms with Crippen LogP contribution >= 0.6 is 15.9 Å². The Morgan fingerprint density at radius 1 is 1.55 bits per heavy atom. The van der Waals surface area contributed by atoms with Crippen LogP contribution in [0.3, 0.4) is 0 Å². The maximum Gasteiger partial charge on any atom is 0.141 e. The van der Waals surface area contributed by atoms with Crippen LogP contribution in [-0.4, -0.2) is 14.4 Å². The van der Waals surface area contributed by atoms with Gasteiger partial charge < -0.3 is 0 Å². The van der Waals surface area contributed by atoms with Crippen molar-refractivity contribution in [3.8, 4) is 0 Å². The molecule has 0 radical (unpaired) electrons. The largest absolute Gasteiger partial charge is 0.287 e. The number of hydrogen-bond donors (Lipinski definition) is 0. The van der Waals surface area contributed by atoms with Crippen LogP contribution in [0.1, 0.15) is 5.82 Å². The van der Waals surface area contributed by atoms with E-state index in [0.29, 0.717) is 0 Å². The van der Waals surface area contributed by atoms with E-state index in [1.54, 1.807) is 6.20 Å². The Bertz CT molecular complexity index is 393. The van der Waals surface area contributed by atoms with Crippen molar-refractivity contribution < 1.29 is 0 Å². The maximum absolute atomic E-state index is 4.21. The lowest BCUT2D eigenvalue weighted by molar-refractivity contribution is 0.988. The van der Waals surface area contributed by atoms with E-state index in [-0.39, 0.29) is 0 Å². The summed E-state index contributed by atoms with van der Waals surface area (Å²) in [6, 6.07) is 1.87. The van der Waals surface area contributed by atoms with Crippen molar-refractivity contribution in [1.29, 1.82) is 0 Å². The second kappa shape index (κ2) is 2.30. The van der Waals surface area contributed by atoms with Crippen molar-refractivity contribution >= 4 is 21.6 Å². The van der Waals surface area contributed by atoms with Crippen molar-refractivity contribution in [3.05, 3.63) is 28.9 Å². The second-order valence-electron chi connectivity index (χ2n) is 2.28. The molecule has 11 heavy (non-hydrogen) atoms. The van der Waals surface area contributed by atoms with Crippen LogP contribution in [0.15, 0.2) is 23.1 Å². The monoisotopic (exact) mass is 211 g/mol. The Morgan fingerprint density at radius 3 is 3.09 bits per heavy atom. The molecule has 56 valence electrons. The van der Waals surface area contributed by atoms with Gasteiger partial charge in [-0.3, -0.25) is 4.40 Å². The molecule has 0 aliphatic heterocycles. The SMILES string of the molecule is Cc1nccc2nc(Br)cn12. The topological polar surface area (TPSA) is 30.2 Å². The summed E-state index contributed by atoms with van der Waals surface area (Å²) >= 11 is 3.30. The number of imidazole rings is 1. The van der Waals surface area contributed by atoms with Crippen LogP contribution in [0.5, 0.6) is 0 Å². The van der Waals surface area contributed by atoms with Gasteiger partial charge in [0, 0.05) is 12.4 Å². The van der Waals surface area contributed by atoms with Gasteiger partial charge in [-0.2, -0.15) is 0 Å². The van der Waals surface area contributed by atoms with Crippen molar-refractivity contribution in [1.82, 2.24) is 14.4 Å². The van der Waals surface area contributed by atoms with Gasteiger partial charge in [-0.05, 0) is 28.9 Å². The number of fused-ring (bicyclic) bond motifs is 1. The Labute approximate surface area is 72.2 Å². The molecular weight excluding hydrogens is 206 g/mol. The predicted molar refractivity (Wildman–Crippen MR) is 45.4 cm³/mol. The van der Waals surface area contributed by atoms with Crippen LogP contribution in [0.2, 0.25) is 0 Å². The third kappa shape index (κ3) is 1.03. The molecule has 2 rings (SSSR count). The zero-order valence-corrected chi connectivity index (χ0v) is 7.54. The van der Waals surface area contributed by atoms with Crippen molar-refractivity contribution in [2.45, 2.75) is 6.92 Å². The van der Waals surface area contributed by atoms with E-state index in [4.69, 9.17) is 0 Å². The average Bonchev–Trinajstić information content (AvgIpc) is 2.31. The molecule has 0 aliphatic carbocycles. The first-order valence-electron chi connectivity index (χ1n) is 3.23. The Hall–Kier alpha value is -0.900. The van der Waals surface area contributed by atoms with Gasteiger partial charge >= 0.3 is 0 Å². The molecule has 0 amide bonds.